The van der Waals surface area contributed by atoms with Crippen molar-refractivity contribution in [1.82, 2.24) is 14.6 Å². The molecule has 13 heteroatoms. The van der Waals surface area contributed by atoms with Gasteiger partial charge in [-0.05, 0) is 81.5 Å². The number of carboxylic acids is 1. The first-order valence-corrected chi connectivity index (χ1v) is 12.4. The average molecular weight is 545 g/mol. The molecule has 2 fully saturated rings. The maximum atomic E-state index is 12.5. The van der Waals surface area contributed by atoms with Gasteiger partial charge in [0.15, 0.2) is 11.5 Å². The van der Waals surface area contributed by atoms with Crippen LogP contribution in [-0.2, 0) is 10.2 Å². The second kappa shape index (κ2) is 11.5. The standard InChI is InChI=1S/C22H30N4O3S.C2HF3O2/c1-14-11-20(30-25-14)24-21(27)23-16-7-8-22(9-10-26(2)19(22)13-16)15-5-6-17(28-3)18(12-15)29-4;3-2(4,5)1(6)7/h5-6,11-12,16,19H,7-10,13H2,1-4H3,(H2,23,24,27);(H,6,7)/t16-,19+,22+;/m1./s1. The lowest BCUT2D eigenvalue weighted by atomic mass is 9.65. The van der Waals surface area contributed by atoms with Crippen molar-refractivity contribution in [2.24, 2.45) is 0 Å². The topological polar surface area (TPSA) is 113 Å². The van der Waals surface area contributed by atoms with Gasteiger partial charge >= 0.3 is 18.2 Å². The van der Waals surface area contributed by atoms with Gasteiger partial charge in [0.1, 0.15) is 5.00 Å². The Hall–Kier alpha value is -3.06. The molecule has 1 aromatic carbocycles. The quantitative estimate of drug-likeness (QED) is 0.511. The number of benzene rings is 1. The molecule has 4 rings (SSSR count). The summed E-state index contributed by atoms with van der Waals surface area (Å²) >= 11 is 1.31. The fourth-order valence-corrected chi connectivity index (χ4v) is 5.81. The minimum Gasteiger partial charge on any atom is -0.493 e. The van der Waals surface area contributed by atoms with Crippen molar-refractivity contribution >= 4 is 28.5 Å². The van der Waals surface area contributed by atoms with Crippen LogP contribution in [0.15, 0.2) is 24.3 Å². The van der Waals surface area contributed by atoms with E-state index in [0.29, 0.717) is 6.04 Å². The molecule has 9 nitrogen and oxygen atoms in total. The molecule has 0 spiro atoms. The largest absolute Gasteiger partial charge is 0.493 e. The van der Waals surface area contributed by atoms with Gasteiger partial charge in [-0.15, -0.1) is 0 Å². The lowest BCUT2D eigenvalue weighted by Crippen LogP contribution is -2.52. The number of amides is 2. The summed E-state index contributed by atoms with van der Waals surface area (Å²) in [6.07, 6.45) is -1.06. The summed E-state index contributed by atoms with van der Waals surface area (Å²) in [7, 11) is 5.54. The van der Waals surface area contributed by atoms with Crippen molar-refractivity contribution in [1.29, 1.82) is 0 Å². The number of hydrogen-bond acceptors (Lipinski definition) is 7. The predicted molar refractivity (Wildman–Crippen MR) is 133 cm³/mol. The molecule has 3 atom stereocenters. The molecule has 1 aliphatic carbocycles. The Morgan fingerprint density at radius 3 is 2.43 bits per heavy atom. The lowest BCUT2D eigenvalue weighted by molar-refractivity contribution is -0.192. The summed E-state index contributed by atoms with van der Waals surface area (Å²) < 4.78 is 46.9. The number of carboxylic acid groups (broad SMARTS) is 1. The fraction of sp³-hybridized carbons (Fsp3) is 0.542. The fourth-order valence-electron chi connectivity index (χ4n) is 5.15. The summed E-state index contributed by atoms with van der Waals surface area (Å²) in [5.74, 6) is -1.23. The average Bonchev–Trinajstić information content (AvgIpc) is 3.41. The summed E-state index contributed by atoms with van der Waals surface area (Å²) in [5.41, 5.74) is 2.30. The highest BCUT2D eigenvalue weighted by Crippen LogP contribution is 2.49. The highest BCUT2D eigenvalue weighted by molar-refractivity contribution is 7.10. The van der Waals surface area contributed by atoms with E-state index in [9.17, 15) is 18.0 Å². The molecule has 3 N–H and O–H groups in total. The van der Waals surface area contributed by atoms with Crippen LogP contribution >= 0.6 is 11.5 Å². The number of ether oxygens (including phenoxy) is 2. The van der Waals surface area contributed by atoms with Gasteiger partial charge in [0.05, 0.1) is 19.9 Å². The predicted octanol–water partition coefficient (Wildman–Crippen LogP) is 4.42. The highest BCUT2D eigenvalue weighted by atomic mass is 32.1. The van der Waals surface area contributed by atoms with Crippen LogP contribution in [0.5, 0.6) is 11.5 Å². The maximum Gasteiger partial charge on any atom is 0.490 e. The second-order valence-electron chi connectivity index (χ2n) is 9.18. The Balaban J connectivity index is 0.000000479. The summed E-state index contributed by atoms with van der Waals surface area (Å²) in [6, 6.07) is 8.59. The minimum atomic E-state index is -5.08. The SMILES string of the molecule is COc1ccc([C@@]23CC[C@@H](NC(=O)Nc4cc(C)ns4)C[C@@H]2N(C)CC3)cc1OC.O=C(O)C(F)(F)F. The number of aryl methyl sites for hydroxylation is 1. The number of carbonyl (C=O) groups is 2. The van der Waals surface area contributed by atoms with E-state index in [1.165, 1.54) is 17.1 Å². The number of nitrogens with zero attached hydrogens (tertiary/aromatic N) is 2. The number of aliphatic carboxylic acids is 1. The lowest BCUT2D eigenvalue weighted by Gasteiger charge is -2.45. The van der Waals surface area contributed by atoms with Crippen LogP contribution in [-0.4, -0.2) is 72.5 Å². The Morgan fingerprint density at radius 1 is 1.19 bits per heavy atom. The van der Waals surface area contributed by atoms with E-state index in [1.807, 2.05) is 19.1 Å². The molecule has 37 heavy (non-hydrogen) atoms. The van der Waals surface area contributed by atoms with Gasteiger partial charge in [0.25, 0.3) is 0 Å². The third-order valence-corrected chi connectivity index (χ3v) is 7.72. The molecular formula is C24H31F3N4O5S. The number of aromatic nitrogens is 1. The van der Waals surface area contributed by atoms with E-state index >= 15 is 0 Å². The molecule has 1 aromatic heterocycles. The van der Waals surface area contributed by atoms with Gasteiger partial charge in [-0.2, -0.15) is 17.5 Å². The Kier molecular flexibility index (Phi) is 8.90. The van der Waals surface area contributed by atoms with E-state index in [4.69, 9.17) is 19.4 Å². The van der Waals surface area contributed by atoms with Crippen LogP contribution in [0.25, 0.3) is 0 Å². The molecular weight excluding hydrogens is 513 g/mol. The summed E-state index contributed by atoms with van der Waals surface area (Å²) in [4.78, 5) is 23.8. The zero-order chi connectivity index (χ0) is 27.4. The van der Waals surface area contributed by atoms with Crippen molar-refractivity contribution < 1.29 is 37.3 Å². The first-order valence-electron chi connectivity index (χ1n) is 11.6. The number of likely N-dealkylation sites (tertiary alicyclic amines) is 1. The smallest absolute Gasteiger partial charge is 0.490 e. The van der Waals surface area contributed by atoms with Crippen LogP contribution in [0, 0.1) is 6.92 Å². The molecule has 204 valence electrons. The molecule has 1 saturated heterocycles. The van der Waals surface area contributed by atoms with Crippen molar-refractivity contribution in [3.8, 4) is 11.5 Å². The van der Waals surface area contributed by atoms with E-state index in [1.54, 1.807) is 14.2 Å². The first kappa shape index (κ1) is 28.5. The molecule has 0 radical (unpaired) electrons. The van der Waals surface area contributed by atoms with Crippen molar-refractivity contribution in [2.45, 2.75) is 56.3 Å². The van der Waals surface area contributed by atoms with Crippen LogP contribution in [0.3, 0.4) is 0 Å². The number of hydrogen-bond donors (Lipinski definition) is 3. The van der Waals surface area contributed by atoms with Gasteiger partial charge in [0, 0.05) is 17.5 Å². The Morgan fingerprint density at radius 2 is 1.86 bits per heavy atom. The van der Waals surface area contributed by atoms with Crippen LogP contribution in [0.2, 0.25) is 0 Å². The number of carbonyl (C=O) groups excluding carboxylic acids is 1. The second-order valence-corrected chi connectivity index (χ2v) is 9.98. The third-order valence-electron chi connectivity index (χ3n) is 6.93. The molecule has 2 aliphatic rings. The third kappa shape index (κ3) is 6.63. The number of urea groups is 1. The van der Waals surface area contributed by atoms with Gasteiger partial charge in [-0.3, -0.25) is 5.32 Å². The molecule has 1 aliphatic heterocycles. The van der Waals surface area contributed by atoms with Crippen molar-refractivity contribution in [2.75, 3.05) is 33.1 Å². The van der Waals surface area contributed by atoms with Crippen LogP contribution < -0.4 is 20.1 Å². The number of alkyl halides is 3. The summed E-state index contributed by atoms with van der Waals surface area (Å²) in [5, 5.41) is 14.0. The van der Waals surface area contributed by atoms with E-state index in [2.05, 4.69) is 39.1 Å². The van der Waals surface area contributed by atoms with Crippen LogP contribution in [0.4, 0.5) is 23.0 Å². The minimum absolute atomic E-state index is 0.0811. The Labute approximate surface area is 217 Å². The number of nitrogens with one attached hydrogen (secondary N) is 2. The van der Waals surface area contributed by atoms with E-state index in [0.717, 1.165) is 54.4 Å². The number of methoxy groups -OCH3 is 2. The van der Waals surface area contributed by atoms with Gasteiger partial charge in [0.2, 0.25) is 0 Å². The van der Waals surface area contributed by atoms with Gasteiger partial charge in [-0.25, -0.2) is 9.59 Å². The zero-order valence-corrected chi connectivity index (χ0v) is 21.8. The van der Waals surface area contributed by atoms with Crippen molar-refractivity contribution in [3.05, 3.63) is 35.5 Å². The Bertz CT molecular complexity index is 1110. The number of likely N-dealkylation sites (N-methyl/N-ethyl adjacent to an activating group) is 1. The van der Waals surface area contributed by atoms with Gasteiger partial charge in [-0.1, -0.05) is 6.07 Å². The van der Waals surface area contributed by atoms with Gasteiger partial charge < -0.3 is 24.8 Å². The zero-order valence-electron chi connectivity index (χ0n) is 21.0. The first-order chi connectivity index (χ1) is 17.4. The van der Waals surface area contributed by atoms with Crippen LogP contribution in [0.1, 0.15) is 36.9 Å². The molecule has 1 saturated carbocycles. The van der Waals surface area contributed by atoms with Crippen molar-refractivity contribution in [3.63, 3.8) is 0 Å². The number of anilines is 1. The molecule has 0 unspecified atom stereocenters. The highest BCUT2D eigenvalue weighted by Gasteiger charge is 2.50. The number of fused-ring (bicyclic) bond motifs is 1. The number of halogens is 3. The summed E-state index contributed by atoms with van der Waals surface area (Å²) in [6.45, 7) is 2.97. The molecule has 2 amide bonds. The number of rotatable bonds is 5. The monoisotopic (exact) mass is 544 g/mol. The normalized spacial score (nSPS) is 23.3. The molecule has 0 bridgehead atoms. The van der Waals surface area contributed by atoms with E-state index in [-0.39, 0.29) is 17.5 Å². The maximum absolute atomic E-state index is 12.5. The van der Waals surface area contributed by atoms with E-state index < -0.39 is 12.1 Å². The molecule has 2 heterocycles. The molecule has 2 aromatic rings.